The number of nitrogens with one attached hydrogen (secondary N) is 1. The highest BCUT2D eigenvalue weighted by Crippen LogP contribution is 2.52. The number of ether oxygens (including phenoxy) is 1. The predicted octanol–water partition coefficient (Wildman–Crippen LogP) is 3.00. The van der Waals surface area contributed by atoms with Crippen LogP contribution in [0.25, 0.3) is 0 Å². The van der Waals surface area contributed by atoms with Crippen LogP contribution in [0.2, 0.25) is 0 Å². The molecular weight excluding hydrogens is 374 g/mol. The molecule has 1 atom stereocenters. The lowest BCUT2D eigenvalue weighted by atomic mass is 9.73. The molecule has 0 radical (unpaired) electrons. The van der Waals surface area contributed by atoms with Crippen molar-refractivity contribution >= 4 is 5.91 Å². The highest BCUT2D eigenvalue weighted by molar-refractivity contribution is 5.77. The van der Waals surface area contributed by atoms with E-state index < -0.39 is 0 Å². The van der Waals surface area contributed by atoms with Crippen molar-refractivity contribution in [3.63, 3.8) is 0 Å². The Hall–Kier alpha value is -1.43. The summed E-state index contributed by atoms with van der Waals surface area (Å²) in [5, 5.41) is 3.12. The number of hydrogen-bond acceptors (Lipinski definition) is 4. The Morgan fingerprint density at radius 1 is 1.20 bits per heavy atom. The molecule has 2 aliphatic heterocycles. The fourth-order valence-electron chi connectivity index (χ4n) is 5.86. The maximum absolute atomic E-state index is 12.6. The average Bonchev–Trinajstić information content (AvgIpc) is 3.04. The maximum atomic E-state index is 12.6. The summed E-state index contributed by atoms with van der Waals surface area (Å²) >= 11 is 0. The van der Waals surface area contributed by atoms with Crippen molar-refractivity contribution in [1.82, 2.24) is 15.1 Å². The Bertz CT molecular complexity index is 706. The number of nitrogens with zero attached hydrogens (tertiary/aromatic N) is 2. The minimum atomic E-state index is 0.200. The molecule has 2 fully saturated rings. The van der Waals surface area contributed by atoms with E-state index in [-0.39, 0.29) is 11.3 Å². The minimum absolute atomic E-state index is 0.200. The van der Waals surface area contributed by atoms with Crippen molar-refractivity contribution < 1.29 is 9.53 Å². The number of rotatable bonds is 7. The molecular formula is C25H39N3O2. The predicted molar refractivity (Wildman–Crippen MR) is 121 cm³/mol. The molecule has 166 valence electrons. The monoisotopic (exact) mass is 413 g/mol. The van der Waals surface area contributed by atoms with Gasteiger partial charge in [-0.15, -0.1) is 0 Å². The van der Waals surface area contributed by atoms with Gasteiger partial charge in [0.15, 0.2) is 0 Å². The van der Waals surface area contributed by atoms with Crippen LogP contribution in [0.1, 0.15) is 55.6 Å². The molecule has 30 heavy (non-hydrogen) atoms. The molecule has 1 unspecified atom stereocenters. The van der Waals surface area contributed by atoms with Gasteiger partial charge in [0.05, 0.1) is 0 Å². The summed E-state index contributed by atoms with van der Waals surface area (Å²) < 4.78 is 5.53. The van der Waals surface area contributed by atoms with Crippen molar-refractivity contribution in [2.45, 2.75) is 49.9 Å². The van der Waals surface area contributed by atoms with E-state index in [1.807, 2.05) is 14.1 Å². The van der Waals surface area contributed by atoms with Gasteiger partial charge in [0.2, 0.25) is 5.91 Å². The van der Waals surface area contributed by atoms with Crippen LogP contribution in [-0.4, -0.2) is 75.7 Å². The zero-order valence-corrected chi connectivity index (χ0v) is 18.9. The largest absolute Gasteiger partial charge is 0.381 e. The minimum Gasteiger partial charge on any atom is -0.381 e. The van der Waals surface area contributed by atoms with E-state index in [9.17, 15) is 4.79 Å². The highest BCUT2D eigenvalue weighted by atomic mass is 16.5. The number of fused-ring (bicyclic) bond motifs is 2. The number of benzene rings is 1. The first kappa shape index (κ1) is 21.8. The molecule has 0 bridgehead atoms. The van der Waals surface area contributed by atoms with Crippen molar-refractivity contribution in [2.24, 2.45) is 5.92 Å². The fraction of sp³-hybridized carbons (Fsp3) is 0.720. The number of amides is 1. The first-order chi connectivity index (χ1) is 14.6. The first-order valence-electron chi connectivity index (χ1n) is 11.9. The van der Waals surface area contributed by atoms with E-state index in [0.29, 0.717) is 12.3 Å². The topological polar surface area (TPSA) is 44.8 Å². The number of piperidine rings is 1. The Kier molecular flexibility index (Phi) is 7.12. The highest BCUT2D eigenvalue weighted by Gasteiger charge is 2.45. The molecule has 1 spiro atoms. The zero-order valence-electron chi connectivity index (χ0n) is 18.9. The van der Waals surface area contributed by atoms with Gasteiger partial charge in [0.25, 0.3) is 0 Å². The smallest absolute Gasteiger partial charge is 0.220 e. The van der Waals surface area contributed by atoms with Crippen LogP contribution < -0.4 is 5.32 Å². The zero-order chi connectivity index (χ0) is 21.0. The quantitative estimate of drug-likeness (QED) is 0.746. The van der Waals surface area contributed by atoms with Gasteiger partial charge in [-0.1, -0.05) is 24.3 Å². The van der Waals surface area contributed by atoms with Crippen LogP contribution in [0.15, 0.2) is 24.3 Å². The first-order valence-corrected chi connectivity index (χ1v) is 11.9. The summed E-state index contributed by atoms with van der Waals surface area (Å²) in [7, 11) is 4.08. The molecule has 1 aliphatic carbocycles. The van der Waals surface area contributed by atoms with Crippen LogP contribution in [0.4, 0.5) is 0 Å². The molecule has 3 aliphatic rings. The Labute approximate surface area is 182 Å². The van der Waals surface area contributed by atoms with Gasteiger partial charge in [-0.25, -0.2) is 0 Å². The van der Waals surface area contributed by atoms with Crippen LogP contribution in [0.3, 0.4) is 0 Å². The summed E-state index contributed by atoms with van der Waals surface area (Å²) in [6.07, 6.45) is 6.65. The lowest BCUT2D eigenvalue weighted by Gasteiger charge is -2.42. The molecule has 0 saturated carbocycles. The SMILES string of the molecule is CN(C)CCNC(=O)CC1CC2(CCN(CC3CCOCC3)CC2)c2ccccc21. The fourth-order valence-corrected chi connectivity index (χ4v) is 5.86. The second-order valence-electron chi connectivity index (χ2n) is 9.98. The van der Waals surface area contributed by atoms with Crippen molar-refractivity contribution in [1.29, 1.82) is 0 Å². The second-order valence-corrected chi connectivity index (χ2v) is 9.98. The number of likely N-dealkylation sites (tertiary alicyclic amines) is 1. The second kappa shape index (κ2) is 9.80. The van der Waals surface area contributed by atoms with Gasteiger partial charge in [-0.3, -0.25) is 4.79 Å². The summed E-state index contributed by atoms with van der Waals surface area (Å²) in [5.41, 5.74) is 3.23. The molecule has 5 nitrogen and oxygen atoms in total. The van der Waals surface area contributed by atoms with Gasteiger partial charge in [0, 0.05) is 39.3 Å². The Balaban J connectivity index is 1.36. The van der Waals surface area contributed by atoms with Gasteiger partial charge in [0.1, 0.15) is 0 Å². The van der Waals surface area contributed by atoms with Crippen LogP contribution in [-0.2, 0) is 14.9 Å². The van der Waals surface area contributed by atoms with Gasteiger partial charge >= 0.3 is 0 Å². The van der Waals surface area contributed by atoms with Crippen molar-refractivity contribution in [3.8, 4) is 0 Å². The Morgan fingerprint density at radius 3 is 2.67 bits per heavy atom. The molecule has 1 aromatic carbocycles. The van der Waals surface area contributed by atoms with Crippen LogP contribution in [0.5, 0.6) is 0 Å². The lowest BCUT2D eigenvalue weighted by molar-refractivity contribution is -0.121. The van der Waals surface area contributed by atoms with E-state index in [0.717, 1.165) is 38.6 Å². The van der Waals surface area contributed by atoms with E-state index in [2.05, 4.69) is 39.4 Å². The van der Waals surface area contributed by atoms with Crippen LogP contribution >= 0.6 is 0 Å². The summed E-state index contributed by atoms with van der Waals surface area (Å²) in [5.74, 6) is 1.37. The third-order valence-electron chi connectivity index (χ3n) is 7.59. The van der Waals surface area contributed by atoms with E-state index >= 15 is 0 Å². The van der Waals surface area contributed by atoms with Gasteiger partial charge in [-0.05, 0) is 87.7 Å². The number of likely N-dealkylation sites (N-methyl/N-ethyl adjacent to an activating group) is 1. The van der Waals surface area contributed by atoms with E-state index in [1.54, 1.807) is 0 Å². The number of carbonyl (C=O) groups is 1. The third kappa shape index (κ3) is 5.06. The molecule has 1 N–H and O–H groups in total. The molecule has 1 aromatic rings. The standard InChI is InChI=1S/C25H39N3O2/c1-27(2)14-11-26-24(29)17-21-18-25(23-6-4-3-5-22(21)23)9-12-28(13-10-25)19-20-7-15-30-16-8-20/h3-6,20-21H,7-19H2,1-2H3,(H,26,29). The summed E-state index contributed by atoms with van der Waals surface area (Å²) in [6.45, 7) is 7.11. The molecule has 4 rings (SSSR count). The number of hydrogen-bond donors (Lipinski definition) is 1. The average molecular weight is 414 g/mol. The van der Waals surface area contributed by atoms with Crippen molar-refractivity contribution in [2.75, 3.05) is 60.0 Å². The van der Waals surface area contributed by atoms with Gasteiger partial charge in [-0.2, -0.15) is 0 Å². The number of carbonyl (C=O) groups excluding carboxylic acids is 1. The summed E-state index contributed by atoms with van der Waals surface area (Å²) in [4.78, 5) is 17.4. The van der Waals surface area contributed by atoms with Gasteiger partial charge < -0.3 is 19.9 Å². The van der Waals surface area contributed by atoms with E-state index in [4.69, 9.17) is 4.74 Å². The third-order valence-corrected chi connectivity index (χ3v) is 7.59. The Morgan fingerprint density at radius 2 is 1.93 bits per heavy atom. The molecule has 2 saturated heterocycles. The molecule has 0 aromatic heterocycles. The molecule has 5 heteroatoms. The van der Waals surface area contributed by atoms with E-state index in [1.165, 1.54) is 56.4 Å². The summed E-state index contributed by atoms with van der Waals surface area (Å²) in [6, 6.07) is 8.95. The molecule has 1 amide bonds. The van der Waals surface area contributed by atoms with Crippen molar-refractivity contribution in [3.05, 3.63) is 35.4 Å². The lowest BCUT2D eigenvalue weighted by Crippen LogP contribution is -2.44. The van der Waals surface area contributed by atoms with Crippen LogP contribution in [0, 0.1) is 5.92 Å². The molecule has 2 heterocycles. The normalized spacial score (nSPS) is 24.3. The maximum Gasteiger partial charge on any atom is 0.220 e.